The summed E-state index contributed by atoms with van der Waals surface area (Å²) in [6, 6.07) is 6.93. The predicted octanol–water partition coefficient (Wildman–Crippen LogP) is 3.54. The Morgan fingerprint density at radius 1 is 1.44 bits per heavy atom. The van der Waals surface area contributed by atoms with Gasteiger partial charge in [-0.05, 0) is 30.7 Å². The van der Waals surface area contributed by atoms with Crippen LogP contribution in [0.25, 0.3) is 0 Å². The number of carbonyl (C=O) groups is 1. The van der Waals surface area contributed by atoms with Gasteiger partial charge in [-0.3, -0.25) is 0 Å². The van der Waals surface area contributed by atoms with Crippen LogP contribution in [0.4, 0.5) is 0 Å². The van der Waals surface area contributed by atoms with Gasteiger partial charge in [0.15, 0.2) is 0 Å². The normalized spacial score (nSPS) is 10.8. The lowest BCUT2D eigenvalue weighted by Gasteiger charge is -2.01. The van der Waals surface area contributed by atoms with Gasteiger partial charge in [-0.15, -0.1) is 0 Å². The minimum Gasteiger partial charge on any atom is -0.472 e. The molecule has 0 amide bonds. The van der Waals surface area contributed by atoms with Crippen LogP contribution in [0.5, 0.6) is 0 Å². The molecular formula is C13H10BrNO3. The topological polar surface area (TPSA) is 51.8 Å². The molecule has 92 valence electrons. The fourth-order valence-electron chi connectivity index (χ4n) is 1.26. The van der Waals surface area contributed by atoms with Crippen LogP contribution in [0.3, 0.4) is 0 Å². The largest absolute Gasteiger partial charge is 0.472 e. The SMILES string of the molecule is Cc1ccc(C(=O)O/N=C/c2ccoc2)cc1Br. The van der Waals surface area contributed by atoms with Crippen molar-refractivity contribution in [2.75, 3.05) is 0 Å². The Morgan fingerprint density at radius 3 is 2.94 bits per heavy atom. The van der Waals surface area contributed by atoms with E-state index in [-0.39, 0.29) is 0 Å². The molecule has 2 rings (SSSR count). The standard InChI is InChI=1S/C13H10BrNO3/c1-9-2-3-11(6-12(9)14)13(16)18-15-7-10-4-5-17-8-10/h2-8H,1H3/b15-7+. The maximum absolute atomic E-state index is 11.7. The van der Waals surface area contributed by atoms with Gasteiger partial charge >= 0.3 is 5.97 Å². The molecule has 0 unspecified atom stereocenters. The molecule has 0 N–H and O–H groups in total. The first-order valence-corrected chi connectivity index (χ1v) is 5.99. The van der Waals surface area contributed by atoms with E-state index in [1.54, 1.807) is 18.2 Å². The number of furan rings is 1. The van der Waals surface area contributed by atoms with Crippen LogP contribution in [0, 0.1) is 6.92 Å². The summed E-state index contributed by atoms with van der Waals surface area (Å²) in [5.41, 5.74) is 2.22. The van der Waals surface area contributed by atoms with Gasteiger partial charge in [-0.2, -0.15) is 0 Å². The molecule has 0 aliphatic heterocycles. The van der Waals surface area contributed by atoms with Crippen LogP contribution in [-0.2, 0) is 4.84 Å². The summed E-state index contributed by atoms with van der Waals surface area (Å²) in [6.45, 7) is 1.94. The number of benzene rings is 1. The smallest absolute Gasteiger partial charge is 0.365 e. The predicted molar refractivity (Wildman–Crippen MR) is 70.6 cm³/mol. The Bertz CT molecular complexity index is 576. The van der Waals surface area contributed by atoms with Crippen molar-refractivity contribution in [2.24, 2.45) is 5.16 Å². The highest BCUT2D eigenvalue weighted by Gasteiger charge is 2.08. The van der Waals surface area contributed by atoms with E-state index in [1.807, 2.05) is 13.0 Å². The van der Waals surface area contributed by atoms with Crippen LogP contribution >= 0.6 is 15.9 Å². The number of nitrogens with zero attached hydrogens (tertiary/aromatic N) is 1. The zero-order valence-corrected chi connectivity index (χ0v) is 11.2. The Balaban J connectivity index is 2.01. The Hall–Kier alpha value is -1.88. The number of halogens is 1. The first-order valence-electron chi connectivity index (χ1n) is 5.20. The Morgan fingerprint density at radius 2 is 2.28 bits per heavy atom. The van der Waals surface area contributed by atoms with Gasteiger partial charge in [0.2, 0.25) is 0 Å². The number of oxime groups is 1. The average molecular weight is 308 g/mol. The van der Waals surface area contributed by atoms with Crippen LogP contribution < -0.4 is 0 Å². The van der Waals surface area contributed by atoms with Crippen molar-refractivity contribution in [3.05, 3.63) is 58.0 Å². The summed E-state index contributed by atoms with van der Waals surface area (Å²) >= 11 is 3.36. The molecule has 0 spiro atoms. The lowest BCUT2D eigenvalue weighted by molar-refractivity contribution is 0.0519. The summed E-state index contributed by atoms with van der Waals surface area (Å²) in [5.74, 6) is -0.504. The summed E-state index contributed by atoms with van der Waals surface area (Å²) in [6.07, 6.45) is 4.42. The highest BCUT2D eigenvalue weighted by atomic mass is 79.9. The molecule has 0 aliphatic rings. The number of rotatable bonds is 3. The van der Waals surface area contributed by atoms with Gasteiger partial charge < -0.3 is 9.25 Å². The van der Waals surface area contributed by atoms with Crippen LogP contribution in [0.1, 0.15) is 21.5 Å². The second-order valence-corrected chi connectivity index (χ2v) is 4.49. The van der Waals surface area contributed by atoms with Crippen LogP contribution in [0.2, 0.25) is 0 Å². The van der Waals surface area contributed by atoms with E-state index in [1.165, 1.54) is 18.7 Å². The third kappa shape index (κ3) is 3.07. The molecule has 0 atom stereocenters. The third-order valence-electron chi connectivity index (χ3n) is 2.29. The van der Waals surface area contributed by atoms with E-state index in [2.05, 4.69) is 21.1 Å². The van der Waals surface area contributed by atoms with E-state index in [9.17, 15) is 4.79 Å². The van der Waals surface area contributed by atoms with Crippen molar-refractivity contribution in [1.29, 1.82) is 0 Å². The maximum atomic E-state index is 11.7. The van der Waals surface area contributed by atoms with Crippen LogP contribution in [-0.4, -0.2) is 12.2 Å². The number of hydrogen-bond donors (Lipinski definition) is 0. The molecule has 1 aromatic heterocycles. The van der Waals surface area contributed by atoms with Gasteiger partial charge in [0.25, 0.3) is 0 Å². The molecule has 0 bridgehead atoms. The van der Waals surface area contributed by atoms with Crippen molar-refractivity contribution in [3.63, 3.8) is 0 Å². The van der Waals surface area contributed by atoms with E-state index in [0.717, 1.165) is 15.6 Å². The van der Waals surface area contributed by atoms with Gasteiger partial charge in [0, 0.05) is 10.0 Å². The quantitative estimate of drug-likeness (QED) is 0.495. The van der Waals surface area contributed by atoms with Crippen LogP contribution in [0.15, 0.2) is 50.8 Å². The zero-order valence-electron chi connectivity index (χ0n) is 9.59. The zero-order chi connectivity index (χ0) is 13.0. The molecule has 1 aromatic carbocycles. The second kappa shape index (κ2) is 5.64. The average Bonchev–Trinajstić information content (AvgIpc) is 2.85. The molecule has 0 aliphatic carbocycles. The van der Waals surface area contributed by atoms with E-state index in [0.29, 0.717) is 5.56 Å². The molecule has 4 nitrogen and oxygen atoms in total. The minimum atomic E-state index is -0.504. The van der Waals surface area contributed by atoms with Gasteiger partial charge in [0.1, 0.15) is 0 Å². The molecular weight excluding hydrogens is 298 g/mol. The summed E-state index contributed by atoms with van der Waals surface area (Å²) < 4.78 is 5.70. The minimum absolute atomic E-state index is 0.441. The van der Waals surface area contributed by atoms with Crippen molar-refractivity contribution in [2.45, 2.75) is 6.92 Å². The molecule has 0 radical (unpaired) electrons. The number of hydrogen-bond acceptors (Lipinski definition) is 4. The molecule has 1 heterocycles. The highest BCUT2D eigenvalue weighted by Crippen LogP contribution is 2.18. The monoisotopic (exact) mass is 307 g/mol. The summed E-state index contributed by atoms with van der Waals surface area (Å²) in [5, 5.41) is 3.59. The molecule has 5 heteroatoms. The van der Waals surface area contributed by atoms with Gasteiger partial charge in [-0.25, -0.2) is 4.79 Å². The molecule has 2 aromatic rings. The summed E-state index contributed by atoms with van der Waals surface area (Å²) in [4.78, 5) is 16.4. The molecule has 18 heavy (non-hydrogen) atoms. The van der Waals surface area contributed by atoms with Crippen molar-refractivity contribution in [3.8, 4) is 0 Å². The van der Waals surface area contributed by atoms with Crippen molar-refractivity contribution in [1.82, 2.24) is 0 Å². The fraction of sp³-hybridized carbons (Fsp3) is 0.0769. The first-order chi connectivity index (χ1) is 8.66. The second-order valence-electron chi connectivity index (χ2n) is 3.63. The maximum Gasteiger partial charge on any atom is 0.365 e. The van der Waals surface area contributed by atoms with Gasteiger partial charge in [0.05, 0.1) is 24.3 Å². The van der Waals surface area contributed by atoms with Gasteiger partial charge in [-0.1, -0.05) is 27.2 Å². The van der Waals surface area contributed by atoms with E-state index in [4.69, 9.17) is 9.25 Å². The Kier molecular flexibility index (Phi) is 3.94. The number of aryl methyl sites for hydroxylation is 1. The molecule has 0 fully saturated rings. The fourth-order valence-corrected chi connectivity index (χ4v) is 1.63. The third-order valence-corrected chi connectivity index (χ3v) is 3.14. The highest BCUT2D eigenvalue weighted by molar-refractivity contribution is 9.10. The van der Waals surface area contributed by atoms with Crippen molar-refractivity contribution < 1.29 is 14.0 Å². The van der Waals surface area contributed by atoms with E-state index >= 15 is 0 Å². The number of carbonyl (C=O) groups excluding carboxylic acids is 1. The Labute approximate surface area is 112 Å². The first kappa shape index (κ1) is 12.6. The van der Waals surface area contributed by atoms with E-state index < -0.39 is 5.97 Å². The summed E-state index contributed by atoms with van der Waals surface area (Å²) in [7, 11) is 0. The molecule has 0 saturated heterocycles. The lowest BCUT2D eigenvalue weighted by atomic mass is 10.1. The molecule has 0 saturated carbocycles. The lowest BCUT2D eigenvalue weighted by Crippen LogP contribution is -2.01. The van der Waals surface area contributed by atoms with Crippen molar-refractivity contribution >= 4 is 28.1 Å².